The second kappa shape index (κ2) is 7.89. The van der Waals surface area contributed by atoms with E-state index in [1.807, 2.05) is 13.0 Å². The van der Waals surface area contributed by atoms with Crippen LogP contribution in [0, 0.1) is 17.5 Å². The van der Waals surface area contributed by atoms with Gasteiger partial charge in [-0.1, -0.05) is 36.4 Å². The molecular formula is C23H19F3O3. The number of aromatic hydroxyl groups is 1. The van der Waals surface area contributed by atoms with Crippen LogP contribution in [0.15, 0.2) is 54.6 Å². The Hall–Kier alpha value is -2.83. The van der Waals surface area contributed by atoms with E-state index in [0.717, 1.165) is 11.6 Å². The normalized spacial score (nSPS) is 19.3. The van der Waals surface area contributed by atoms with E-state index in [9.17, 15) is 18.3 Å². The van der Waals surface area contributed by atoms with Gasteiger partial charge in [-0.2, -0.15) is 4.39 Å². The molecule has 3 aromatic carbocycles. The first-order valence-electron chi connectivity index (χ1n) is 9.24. The van der Waals surface area contributed by atoms with E-state index in [2.05, 4.69) is 0 Å². The molecule has 0 amide bonds. The van der Waals surface area contributed by atoms with Crippen molar-refractivity contribution in [3.63, 3.8) is 0 Å². The third kappa shape index (κ3) is 3.86. The molecule has 1 heterocycles. The summed E-state index contributed by atoms with van der Waals surface area (Å²) in [5.74, 6) is -3.56. The maximum atomic E-state index is 14.7. The highest BCUT2D eigenvalue weighted by Crippen LogP contribution is 2.32. The Morgan fingerprint density at radius 1 is 0.793 bits per heavy atom. The topological polar surface area (TPSA) is 38.7 Å². The summed E-state index contributed by atoms with van der Waals surface area (Å²) in [6, 6.07) is 13.9. The van der Waals surface area contributed by atoms with Crippen molar-refractivity contribution in [1.82, 2.24) is 0 Å². The van der Waals surface area contributed by atoms with Crippen molar-refractivity contribution in [2.45, 2.75) is 19.1 Å². The van der Waals surface area contributed by atoms with Crippen molar-refractivity contribution < 1.29 is 27.8 Å². The summed E-state index contributed by atoms with van der Waals surface area (Å²) in [6.07, 6.45) is -0.249. The summed E-state index contributed by atoms with van der Waals surface area (Å²) in [4.78, 5) is 0. The minimum atomic E-state index is -1.29. The minimum absolute atomic E-state index is 0.0224. The second-order valence-corrected chi connectivity index (χ2v) is 7.01. The van der Waals surface area contributed by atoms with Crippen molar-refractivity contribution in [1.29, 1.82) is 0 Å². The second-order valence-electron chi connectivity index (χ2n) is 7.01. The van der Waals surface area contributed by atoms with E-state index in [1.165, 1.54) is 12.1 Å². The predicted molar refractivity (Wildman–Crippen MR) is 103 cm³/mol. The Morgan fingerprint density at radius 3 is 2.00 bits per heavy atom. The first-order chi connectivity index (χ1) is 13.9. The van der Waals surface area contributed by atoms with Crippen LogP contribution < -0.4 is 0 Å². The van der Waals surface area contributed by atoms with Crippen LogP contribution in [0.5, 0.6) is 5.75 Å². The zero-order valence-corrected chi connectivity index (χ0v) is 15.7. The maximum Gasteiger partial charge on any atom is 0.200 e. The van der Waals surface area contributed by atoms with Crippen LogP contribution in [0.4, 0.5) is 13.2 Å². The molecule has 29 heavy (non-hydrogen) atoms. The highest BCUT2D eigenvalue weighted by atomic mass is 19.2. The van der Waals surface area contributed by atoms with Gasteiger partial charge in [-0.15, -0.1) is 0 Å². The fraction of sp³-hybridized carbons (Fsp3) is 0.217. The van der Waals surface area contributed by atoms with Crippen molar-refractivity contribution in [3.05, 3.63) is 77.6 Å². The van der Waals surface area contributed by atoms with Gasteiger partial charge in [0, 0.05) is 17.0 Å². The Bertz CT molecular complexity index is 1030. The lowest BCUT2D eigenvalue weighted by Gasteiger charge is -2.27. The van der Waals surface area contributed by atoms with Gasteiger partial charge in [-0.3, -0.25) is 0 Å². The quantitative estimate of drug-likeness (QED) is 0.620. The molecule has 150 valence electrons. The maximum absolute atomic E-state index is 14.7. The first kappa shape index (κ1) is 19.5. The molecule has 0 bridgehead atoms. The summed E-state index contributed by atoms with van der Waals surface area (Å²) in [7, 11) is 0. The van der Waals surface area contributed by atoms with Gasteiger partial charge in [0.1, 0.15) is 5.82 Å². The summed E-state index contributed by atoms with van der Waals surface area (Å²) < 4.78 is 53.3. The van der Waals surface area contributed by atoms with Gasteiger partial charge in [0.05, 0.1) is 13.2 Å². The zero-order chi connectivity index (χ0) is 20.5. The molecule has 3 nitrogen and oxygen atoms in total. The molecule has 0 aliphatic carbocycles. The summed E-state index contributed by atoms with van der Waals surface area (Å²) in [5.41, 5.74) is 2.27. The van der Waals surface area contributed by atoms with E-state index in [4.69, 9.17) is 9.47 Å². The van der Waals surface area contributed by atoms with Gasteiger partial charge in [-0.05, 0) is 41.8 Å². The molecule has 4 rings (SSSR count). The minimum Gasteiger partial charge on any atom is -0.505 e. The van der Waals surface area contributed by atoms with E-state index in [0.29, 0.717) is 29.9 Å². The zero-order valence-electron chi connectivity index (χ0n) is 15.7. The molecule has 1 saturated heterocycles. The van der Waals surface area contributed by atoms with E-state index in [-0.39, 0.29) is 23.6 Å². The van der Waals surface area contributed by atoms with Gasteiger partial charge < -0.3 is 14.6 Å². The average molecular weight is 400 g/mol. The van der Waals surface area contributed by atoms with E-state index >= 15 is 0 Å². The van der Waals surface area contributed by atoms with Crippen LogP contribution in [0.1, 0.15) is 18.4 Å². The lowest BCUT2D eigenvalue weighted by molar-refractivity contribution is -0.176. The lowest BCUT2D eigenvalue weighted by Crippen LogP contribution is -2.28. The van der Waals surface area contributed by atoms with Gasteiger partial charge in [0.25, 0.3) is 0 Å². The molecule has 0 aromatic heterocycles. The average Bonchev–Trinajstić information content (AvgIpc) is 2.73. The van der Waals surface area contributed by atoms with Crippen LogP contribution in [-0.2, 0) is 9.47 Å². The number of ether oxygens (including phenoxy) is 2. The number of hydrogen-bond donors (Lipinski definition) is 1. The van der Waals surface area contributed by atoms with Gasteiger partial charge in [0.15, 0.2) is 17.9 Å². The molecule has 6 heteroatoms. The monoisotopic (exact) mass is 400 g/mol. The van der Waals surface area contributed by atoms with Crippen molar-refractivity contribution >= 4 is 0 Å². The molecular weight excluding hydrogens is 381 g/mol. The SMILES string of the molecule is CC1OCC(c2ccc(-c3ccc(-c4ccc(O)c(F)c4F)cc3)c(F)c2)CO1. The Labute approximate surface area is 166 Å². The van der Waals surface area contributed by atoms with E-state index in [1.54, 1.807) is 30.3 Å². The highest BCUT2D eigenvalue weighted by Gasteiger charge is 2.22. The Kier molecular flexibility index (Phi) is 5.30. The standard InChI is InChI=1S/C23H19F3O3/c1-13-28-11-17(12-29-13)16-6-7-18(20(24)10-16)14-2-4-15(5-3-14)19-8-9-21(27)23(26)22(19)25/h2-10,13,17,27H,11-12H2,1H3. The van der Waals surface area contributed by atoms with Crippen LogP contribution in [0.2, 0.25) is 0 Å². The third-order valence-electron chi connectivity index (χ3n) is 5.10. The summed E-state index contributed by atoms with van der Waals surface area (Å²) in [5, 5.41) is 9.25. The largest absolute Gasteiger partial charge is 0.505 e. The molecule has 0 atom stereocenters. The number of halogens is 3. The highest BCUT2D eigenvalue weighted by molar-refractivity contribution is 5.71. The Balaban J connectivity index is 1.59. The van der Waals surface area contributed by atoms with Gasteiger partial charge in [-0.25, -0.2) is 8.78 Å². The van der Waals surface area contributed by atoms with Gasteiger partial charge in [0.2, 0.25) is 5.82 Å². The number of benzene rings is 3. The summed E-state index contributed by atoms with van der Waals surface area (Å²) in [6.45, 7) is 2.77. The molecule has 0 spiro atoms. The van der Waals surface area contributed by atoms with Crippen LogP contribution in [-0.4, -0.2) is 24.6 Å². The van der Waals surface area contributed by atoms with Crippen molar-refractivity contribution in [2.24, 2.45) is 0 Å². The molecule has 1 fully saturated rings. The molecule has 1 N–H and O–H groups in total. The smallest absolute Gasteiger partial charge is 0.200 e. The molecule has 0 unspecified atom stereocenters. The fourth-order valence-electron chi connectivity index (χ4n) is 3.40. The number of phenolic OH excluding ortho intramolecular Hbond substituents is 1. The first-order valence-corrected chi connectivity index (χ1v) is 9.24. The van der Waals surface area contributed by atoms with Crippen molar-refractivity contribution in [2.75, 3.05) is 13.2 Å². The summed E-state index contributed by atoms with van der Waals surface area (Å²) >= 11 is 0. The molecule has 1 aliphatic heterocycles. The third-order valence-corrected chi connectivity index (χ3v) is 5.10. The fourth-order valence-corrected chi connectivity index (χ4v) is 3.40. The van der Waals surface area contributed by atoms with E-state index < -0.39 is 17.4 Å². The van der Waals surface area contributed by atoms with Crippen LogP contribution in [0.25, 0.3) is 22.3 Å². The van der Waals surface area contributed by atoms with Crippen molar-refractivity contribution in [3.8, 4) is 28.0 Å². The lowest BCUT2D eigenvalue weighted by atomic mass is 9.95. The van der Waals surface area contributed by atoms with Crippen LogP contribution >= 0.6 is 0 Å². The van der Waals surface area contributed by atoms with Gasteiger partial charge >= 0.3 is 0 Å². The number of rotatable bonds is 3. The molecule has 3 aromatic rings. The number of phenols is 1. The predicted octanol–water partition coefficient (Wildman–Crippen LogP) is 5.62. The van der Waals surface area contributed by atoms with Crippen LogP contribution in [0.3, 0.4) is 0 Å². The molecule has 0 saturated carbocycles. The Morgan fingerprint density at radius 2 is 1.38 bits per heavy atom. The molecule has 1 aliphatic rings. The number of hydrogen-bond acceptors (Lipinski definition) is 3. The molecule has 0 radical (unpaired) electrons.